The van der Waals surface area contributed by atoms with Crippen molar-refractivity contribution in [1.82, 2.24) is 0 Å². The standard InChI is InChI=1S/6CN.FH.Fe.Na/c6*1-2;;;/h;;;;;;1H;;/q6*-1;;+6;+1/p-1. The van der Waals surface area contributed by atoms with Crippen LogP contribution in [-0.2, 0) is 17.1 Å². The van der Waals surface area contributed by atoms with Crippen molar-refractivity contribution in [2.75, 3.05) is 0 Å². The number of nitrogens with zero attached hydrogens (tertiary/aromatic N) is 6. The van der Waals surface area contributed by atoms with Crippen molar-refractivity contribution in [3.05, 3.63) is 39.4 Å². The Morgan fingerprint density at radius 1 is 0.400 bits per heavy atom. The van der Waals surface area contributed by atoms with Crippen molar-refractivity contribution in [2.24, 2.45) is 0 Å². The molecule has 0 saturated heterocycles. The van der Waals surface area contributed by atoms with E-state index in [1.54, 1.807) is 0 Å². The zero-order chi connectivity index (χ0) is 12.0. The molecule has 0 fully saturated rings. The first kappa shape index (κ1) is 107. The van der Waals surface area contributed by atoms with E-state index in [1.807, 2.05) is 0 Å². The van der Waals surface area contributed by atoms with E-state index >= 15 is 0 Å². The van der Waals surface area contributed by atoms with Crippen LogP contribution in [0.25, 0.3) is 0 Å². The van der Waals surface area contributed by atoms with Gasteiger partial charge >= 0.3 is 46.6 Å². The van der Waals surface area contributed by atoms with Crippen molar-refractivity contribution in [2.45, 2.75) is 0 Å². The molecule has 0 spiro atoms. The van der Waals surface area contributed by atoms with Gasteiger partial charge in [-0.2, -0.15) is 0 Å². The molecule has 0 aliphatic rings. The second-order valence-corrected chi connectivity index (χ2v) is 0. The van der Waals surface area contributed by atoms with E-state index in [9.17, 15) is 0 Å². The molecule has 70 valence electrons. The summed E-state index contributed by atoms with van der Waals surface area (Å²) in [7, 11) is 0. The molecule has 0 aromatic heterocycles. The smallest absolute Gasteiger partial charge is 1.00 e. The third kappa shape index (κ3) is 516. The number of halogens is 1. The van der Waals surface area contributed by atoms with Crippen molar-refractivity contribution in [1.29, 1.82) is 31.6 Å². The Bertz CT molecular complexity index is 103. The number of hydrogen-bond donors (Lipinski definition) is 0. The first-order chi connectivity index (χ1) is 6.00. The van der Waals surface area contributed by atoms with E-state index in [-0.39, 0.29) is 51.3 Å². The zero-order valence-corrected chi connectivity index (χ0v) is 10.5. The Morgan fingerprint density at radius 2 is 0.400 bits per heavy atom. The number of rotatable bonds is 0. The van der Waals surface area contributed by atoms with Gasteiger partial charge in [-0.25, -0.2) is 0 Å². The van der Waals surface area contributed by atoms with Gasteiger partial charge in [0.1, 0.15) is 0 Å². The molecule has 0 unspecified atom stereocenters. The van der Waals surface area contributed by atoms with Gasteiger partial charge in [-0.1, -0.05) is 0 Å². The molecule has 0 rings (SSSR count). The maximum atomic E-state index is 6.25. The van der Waals surface area contributed by atoms with Gasteiger partial charge in [-0.05, 0) is 0 Å². The average Bonchev–Trinajstić information content (AvgIpc) is 2.33. The summed E-state index contributed by atoms with van der Waals surface area (Å²) in [6, 6.07) is 0. The predicted molar refractivity (Wildman–Crippen MR) is 29.8 cm³/mol. The molecular weight excluding hydrogens is 254 g/mol. The van der Waals surface area contributed by atoms with Crippen LogP contribution in [0.3, 0.4) is 0 Å². The minimum absolute atomic E-state index is 0. The van der Waals surface area contributed by atoms with E-state index in [0.717, 1.165) is 0 Å². The predicted octanol–water partition coefficient (Wildman–Crippen LogP) is -5.42. The Hall–Kier alpha value is -1.61. The average molecular weight is 254 g/mol. The van der Waals surface area contributed by atoms with Gasteiger partial charge in [0.2, 0.25) is 0 Å². The summed E-state index contributed by atoms with van der Waals surface area (Å²) in [5.41, 5.74) is 0. The summed E-state index contributed by atoms with van der Waals surface area (Å²) in [4.78, 5) is 0. The van der Waals surface area contributed by atoms with Gasteiger partial charge in [0, 0.05) is 0 Å². The SMILES string of the molecule is [C-]#N.[C-]#N.[C-]#N.[C-]#N.[C-]#N.[C-]#N.[F-].[Fe+6].[Na+]. The fourth-order valence-corrected chi connectivity index (χ4v) is 0. The third-order valence-corrected chi connectivity index (χ3v) is 0. The van der Waals surface area contributed by atoms with E-state index in [2.05, 4.69) is 0 Å². The van der Waals surface area contributed by atoms with E-state index < -0.39 is 0 Å². The molecule has 0 N–H and O–H groups in total. The topological polar surface area (TPSA) is 143 Å². The van der Waals surface area contributed by atoms with Gasteiger partial charge in [0.15, 0.2) is 0 Å². The summed E-state index contributed by atoms with van der Waals surface area (Å²) in [5, 5.41) is 37.5. The van der Waals surface area contributed by atoms with E-state index in [1.165, 1.54) is 0 Å². The second kappa shape index (κ2) is 620. The molecule has 0 amide bonds. The van der Waals surface area contributed by atoms with E-state index in [0.29, 0.717) is 0 Å². The molecule has 0 atom stereocenters. The quantitative estimate of drug-likeness (QED) is 0.311. The Balaban J connectivity index is -0.00000000396. The normalized spacial score (nSPS) is 0.800. The van der Waals surface area contributed by atoms with E-state index in [4.69, 9.17) is 71.0 Å². The molecule has 0 aromatic rings. The van der Waals surface area contributed by atoms with Crippen molar-refractivity contribution < 1.29 is 51.3 Å². The number of hydrogen-bond acceptors (Lipinski definition) is 6. The Morgan fingerprint density at radius 3 is 0.400 bits per heavy atom. The van der Waals surface area contributed by atoms with Gasteiger partial charge in [-0.3, -0.25) is 0 Å². The largest absolute Gasteiger partial charge is 6.00 e. The van der Waals surface area contributed by atoms with Crippen molar-refractivity contribution in [3.63, 3.8) is 0 Å². The van der Waals surface area contributed by atoms with Crippen molar-refractivity contribution in [3.8, 4) is 0 Å². The van der Waals surface area contributed by atoms with Crippen LogP contribution < -0.4 is 34.3 Å². The van der Waals surface area contributed by atoms with Crippen LogP contribution in [-0.4, -0.2) is 0 Å². The molecule has 9 heteroatoms. The summed E-state index contributed by atoms with van der Waals surface area (Å²) < 4.78 is 0. The van der Waals surface area contributed by atoms with Crippen LogP contribution in [0.15, 0.2) is 0 Å². The van der Waals surface area contributed by atoms with Crippen LogP contribution in [0.4, 0.5) is 0 Å². The Kier molecular flexibility index (Phi) is 4410. The molecule has 6 nitrogen and oxygen atoms in total. The van der Waals surface area contributed by atoms with Crippen LogP contribution in [0.5, 0.6) is 0 Å². The third-order valence-electron chi connectivity index (χ3n) is 0. The summed E-state index contributed by atoms with van der Waals surface area (Å²) in [6.07, 6.45) is 0. The van der Waals surface area contributed by atoms with Crippen LogP contribution in [0, 0.1) is 71.0 Å². The molecular formula is C6FFeN6Na. The summed E-state index contributed by atoms with van der Waals surface area (Å²) in [6.45, 7) is 28.5. The molecule has 0 heterocycles. The first-order valence-electron chi connectivity index (χ1n) is 1.34. The zero-order valence-electron chi connectivity index (χ0n) is 7.41. The van der Waals surface area contributed by atoms with Crippen LogP contribution in [0.2, 0.25) is 0 Å². The molecule has 0 radical (unpaired) electrons. The Labute approximate surface area is 122 Å². The molecule has 0 aliphatic heterocycles. The second-order valence-electron chi connectivity index (χ2n) is 0. The maximum absolute atomic E-state index is 6.25. The molecule has 15 heavy (non-hydrogen) atoms. The van der Waals surface area contributed by atoms with Crippen molar-refractivity contribution >= 4 is 0 Å². The molecule has 0 saturated carbocycles. The molecule has 0 aliphatic carbocycles. The summed E-state index contributed by atoms with van der Waals surface area (Å²) in [5.74, 6) is 0. The van der Waals surface area contributed by atoms with Gasteiger partial charge < -0.3 is 75.7 Å². The van der Waals surface area contributed by atoms with Gasteiger partial charge in [0.25, 0.3) is 0 Å². The fraction of sp³-hybridized carbons (Fsp3) is 0. The maximum Gasteiger partial charge on any atom is 6.00 e. The van der Waals surface area contributed by atoms with Crippen LogP contribution >= 0.6 is 0 Å². The summed E-state index contributed by atoms with van der Waals surface area (Å²) >= 11 is 0. The van der Waals surface area contributed by atoms with Gasteiger partial charge in [-0.15, -0.1) is 0 Å². The monoisotopic (exact) mass is 254 g/mol. The molecule has 0 aromatic carbocycles. The minimum atomic E-state index is 0. The fourth-order valence-electron chi connectivity index (χ4n) is 0. The van der Waals surface area contributed by atoms with Gasteiger partial charge in [0.05, 0.1) is 0 Å². The van der Waals surface area contributed by atoms with Crippen LogP contribution in [0.1, 0.15) is 0 Å². The molecule has 0 bridgehead atoms. The first-order valence-corrected chi connectivity index (χ1v) is 1.34. The minimum Gasteiger partial charge on any atom is -1.00 e.